The summed E-state index contributed by atoms with van der Waals surface area (Å²) in [6, 6.07) is 11.0. The van der Waals surface area contributed by atoms with Gasteiger partial charge in [-0.3, -0.25) is 9.69 Å². The van der Waals surface area contributed by atoms with Crippen LogP contribution in [0.2, 0.25) is 0 Å². The van der Waals surface area contributed by atoms with Gasteiger partial charge in [-0.1, -0.05) is 36.4 Å². The van der Waals surface area contributed by atoms with Crippen LogP contribution in [0.25, 0.3) is 0 Å². The molecule has 112 valence electrons. The topological polar surface area (TPSA) is 23.6 Å². The van der Waals surface area contributed by atoms with Gasteiger partial charge in [0.05, 0.1) is 0 Å². The molecule has 2 aliphatic rings. The van der Waals surface area contributed by atoms with E-state index in [9.17, 15) is 4.79 Å². The average Bonchev–Trinajstić information content (AvgIpc) is 2.90. The summed E-state index contributed by atoms with van der Waals surface area (Å²) in [4.78, 5) is 16.8. The first-order valence-corrected chi connectivity index (χ1v) is 7.94. The third-order valence-electron chi connectivity index (χ3n) is 4.69. The van der Waals surface area contributed by atoms with Gasteiger partial charge in [0.1, 0.15) is 0 Å². The second-order valence-corrected chi connectivity index (χ2v) is 6.26. The lowest BCUT2D eigenvalue weighted by atomic mass is 10.0. The smallest absolute Gasteiger partial charge is 0.223 e. The van der Waals surface area contributed by atoms with Crippen molar-refractivity contribution >= 4 is 5.91 Å². The van der Waals surface area contributed by atoms with Crippen molar-refractivity contribution in [3.8, 4) is 0 Å². The third kappa shape index (κ3) is 3.35. The van der Waals surface area contributed by atoms with Gasteiger partial charge >= 0.3 is 0 Å². The number of carbonyl (C=O) groups excluding carboxylic acids is 1. The van der Waals surface area contributed by atoms with E-state index < -0.39 is 0 Å². The molecule has 21 heavy (non-hydrogen) atoms. The molecule has 3 rings (SSSR count). The van der Waals surface area contributed by atoms with Crippen LogP contribution in [0.3, 0.4) is 0 Å². The molecule has 1 aromatic rings. The fourth-order valence-corrected chi connectivity index (χ4v) is 3.54. The minimum absolute atomic E-state index is 0.312. The molecule has 0 bridgehead atoms. The summed E-state index contributed by atoms with van der Waals surface area (Å²) in [6.45, 7) is 7.84. The number of piperidine rings is 1. The van der Waals surface area contributed by atoms with Gasteiger partial charge in [0.15, 0.2) is 0 Å². The highest BCUT2D eigenvalue weighted by atomic mass is 16.2. The Balaban J connectivity index is 1.61. The lowest BCUT2D eigenvalue weighted by molar-refractivity contribution is -0.130. The van der Waals surface area contributed by atoms with Gasteiger partial charge in [0.25, 0.3) is 0 Å². The highest BCUT2D eigenvalue weighted by Gasteiger charge is 2.34. The van der Waals surface area contributed by atoms with E-state index in [0.29, 0.717) is 24.3 Å². The van der Waals surface area contributed by atoms with Crippen molar-refractivity contribution in [3.05, 3.63) is 48.6 Å². The SMILES string of the molecule is C=CC1CC(=O)N(C2CCCN(Cc3ccccc3)C2)C1. The minimum atomic E-state index is 0.312. The summed E-state index contributed by atoms with van der Waals surface area (Å²) in [6.07, 6.45) is 4.90. The number of likely N-dealkylation sites (tertiary alicyclic amines) is 2. The number of nitrogens with zero attached hydrogens (tertiary/aromatic N) is 2. The van der Waals surface area contributed by atoms with Gasteiger partial charge in [-0.2, -0.15) is 0 Å². The first kappa shape index (κ1) is 14.3. The fraction of sp³-hybridized carbons (Fsp3) is 0.500. The van der Waals surface area contributed by atoms with Crippen LogP contribution in [0.1, 0.15) is 24.8 Å². The van der Waals surface area contributed by atoms with Crippen LogP contribution < -0.4 is 0 Å². The molecule has 3 heteroatoms. The second-order valence-electron chi connectivity index (χ2n) is 6.26. The molecule has 1 aromatic carbocycles. The van der Waals surface area contributed by atoms with Crippen molar-refractivity contribution in [2.45, 2.75) is 31.8 Å². The molecule has 2 unspecified atom stereocenters. The van der Waals surface area contributed by atoms with Crippen LogP contribution in [-0.2, 0) is 11.3 Å². The Morgan fingerprint density at radius 1 is 1.24 bits per heavy atom. The molecule has 0 N–H and O–H groups in total. The van der Waals surface area contributed by atoms with E-state index in [2.05, 4.69) is 46.7 Å². The van der Waals surface area contributed by atoms with Crippen molar-refractivity contribution in [3.63, 3.8) is 0 Å². The maximum atomic E-state index is 12.2. The van der Waals surface area contributed by atoms with Crippen molar-refractivity contribution in [1.29, 1.82) is 0 Å². The Morgan fingerprint density at radius 2 is 2.05 bits per heavy atom. The van der Waals surface area contributed by atoms with Crippen LogP contribution >= 0.6 is 0 Å². The van der Waals surface area contributed by atoms with E-state index in [1.807, 2.05) is 6.08 Å². The summed E-state index contributed by atoms with van der Waals surface area (Å²) >= 11 is 0. The summed E-state index contributed by atoms with van der Waals surface area (Å²) in [5.74, 6) is 0.661. The van der Waals surface area contributed by atoms with E-state index in [0.717, 1.165) is 32.6 Å². The lowest BCUT2D eigenvalue weighted by Gasteiger charge is -2.37. The van der Waals surface area contributed by atoms with Crippen LogP contribution in [0.15, 0.2) is 43.0 Å². The molecule has 2 saturated heterocycles. The van der Waals surface area contributed by atoms with Gasteiger partial charge in [0, 0.05) is 38.0 Å². The normalized spacial score (nSPS) is 27.0. The van der Waals surface area contributed by atoms with Gasteiger partial charge < -0.3 is 4.90 Å². The van der Waals surface area contributed by atoms with Crippen LogP contribution in [0.4, 0.5) is 0 Å². The molecule has 0 spiro atoms. The Kier molecular flexibility index (Phi) is 4.39. The van der Waals surface area contributed by atoms with Gasteiger partial charge in [-0.25, -0.2) is 0 Å². The number of amides is 1. The molecule has 2 heterocycles. The fourth-order valence-electron chi connectivity index (χ4n) is 3.54. The van der Waals surface area contributed by atoms with Crippen molar-refractivity contribution < 1.29 is 4.79 Å². The number of carbonyl (C=O) groups is 1. The predicted octanol–water partition coefficient (Wildman–Crippen LogP) is 2.69. The maximum absolute atomic E-state index is 12.2. The highest BCUT2D eigenvalue weighted by molar-refractivity contribution is 5.79. The van der Waals surface area contributed by atoms with E-state index in [-0.39, 0.29) is 0 Å². The van der Waals surface area contributed by atoms with Crippen molar-refractivity contribution in [2.24, 2.45) is 5.92 Å². The molecular formula is C18H24N2O. The Morgan fingerprint density at radius 3 is 2.76 bits per heavy atom. The Bertz CT molecular complexity index is 499. The monoisotopic (exact) mass is 284 g/mol. The quantitative estimate of drug-likeness (QED) is 0.794. The number of hydrogen-bond acceptors (Lipinski definition) is 2. The Hall–Kier alpha value is -1.61. The van der Waals surface area contributed by atoms with E-state index >= 15 is 0 Å². The molecule has 2 fully saturated rings. The van der Waals surface area contributed by atoms with Crippen molar-refractivity contribution in [1.82, 2.24) is 9.80 Å². The third-order valence-corrected chi connectivity index (χ3v) is 4.69. The summed E-state index contributed by atoms with van der Waals surface area (Å²) in [5.41, 5.74) is 1.36. The van der Waals surface area contributed by atoms with Crippen LogP contribution in [-0.4, -0.2) is 41.4 Å². The summed E-state index contributed by atoms with van der Waals surface area (Å²) < 4.78 is 0. The molecular weight excluding hydrogens is 260 g/mol. The van der Waals surface area contributed by atoms with E-state index in [1.165, 1.54) is 12.0 Å². The first-order chi connectivity index (χ1) is 10.3. The maximum Gasteiger partial charge on any atom is 0.223 e. The molecule has 2 aliphatic heterocycles. The highest BCUT2D eigenvalue weighted by Crippen LogP contribution is 2.26. The molecule has 0 saturated carbocycles. The Labute approximate surface area is 127 Å². The summed E-state index contributed by atoms with van der Waals surface area (Å²) in [7, 11) is 0. The standard InChI is InChI=1S/C18H24N2O/c1-2-15-11-18(21)20(13-15)17-9-6-10-19(14-17)12-16-7-4-3-5-8-16/h2-5,7-8,15,17H,1,6,9-14H2. The predicted molar refractivity (Wildman–Crippen MR) is 84.8 cm³/mol. The molecule has 0 aliphatic carbocycles. The lowest BCUT2D eigenvalue weighted by Crippen LogP contribution is -2.48. The molecule has 2 atom stereocenters. The molecule has 3 nitrogen and oxygen atoms in total. The van der Waals surface area contributed by atoms with Crippen molar-refractivity contribution in [2.75, 3.05) is 19.6 Å². The molecule has 0 radical (unpaired) electrons. The zero-order chi connectivity index (χ0) is 14.7. The van der Waals surface area contributed by atoms with Gasteiger partial charge in [-0.05, 0) is 24.9 Å². The number of rotatable bonds is 4. The van der Waals surface area contributed by atoms with Gasteiger partial charge in [-0.15, -0.1) is 6.58 Å². The number of hydrogen-bond donors (Lipinski definition) is 0. The molecule has 1 amide bonds. The van der Waals surface area contributed by atoms with E-state index in [1.54, 1.807) is 0 Å². The average molecular weight is 284 g/mol. The summed E-state index contributed by atoms with van der Waals surface area (Å²) in [5, 5.41) is 0. The van der Waals surface area contributed by atoms with Crippen LogP contribution in [0.5, 0.6) is 0 Å². The number of benzene rings is 1. The second kappa shape index (κ2) is 6.44. The minimum Gasteiger partial charge on any atom is -0.338 e. The largest absolute Gasteiger partial charge is 0.338 e. The zero-order valence-corrected chi connectivity index (χ0v) is 12.6. The van der Waals surface area contributed by atoms with E-state index in [4.69, 9.17) is 0 Å². The zero-order valence-electron chi connectivity index (χ0n) is 12.6. The van der Waals surface area contributed by atoms with Crippen LogP contribution in [0, 0.1) is 5.92 Å². The van der Waals surface area contributed by atoms with Gasteiger partial charge in [0.2, 0.25) is 5.91 Å². The first-order valence-electron chi connectivity index (χ1n) is 7.94. The molecule has 0 aromatic heterocycles.